The van der Waals surface area contributed by atoms with E-state index in [2.05, 4.69) is 15.2 Å². The second kappa shape index (κ2) is 10.9. The second-order valence-electron chi connectivity index (χ2n) is 7.92. The fourth-order valence-corrected chi connectivity index (χ4v) is 4.31. The van der Waals surface area contributed by atoms with Crippen molar-refractivity contribution in [3.8, 4) is 11.5 Å². The molecular weight excluding hydrogens is 478 g/mol. The van der Waals surface area contributed by atoms with Crippen LogP contribution in [0.3, 0.4) is 0 Å². The predicted molar refractivity (Wildman–Crippen MR) is 140 cm³/mol. The minimum atomic E-state index is -3.84. The number of nitrogens with one attached hydrogen (secondary N) is 2. The Hall–Kier alpha value is -4.37. The van der Waals surface area contributed by atoms with Crippen LogP contribution in [-0.2, 0) is 14.8 Å². The van der Waals surface area contributed by atoms with Gasteiger partial charge in [-0.2, -0.15) is 13.5 Å². The number of fused-ring (bicyclic) bond motifs is 1. The third kappa shape index (κ3) is 6.00. The van der Waals surface area contributed by atoms with Gasteiger partial charge in [-0.1, -0.05) is 48.5 Å². The summed E-state index contributed by atoms with van der Waals surface area (Å²) in [5.41, 5.74) is 2.24. The van der Waals surface area contributed by atoms with Gasteiger partial charge in [0.1, 0.15) is 0 Å². The zero-order valence-corrected chi connectivity index (χ0v) is 20.6. The Morgan fingerprint density at radius 1 is 0.917 bits per heavy atom. The summed E-state index contributed by atoms with van der Waals surface area (Å²) in [6, 6.07) is 24.8. The minimum Gasteiger partial charge on any atom is -0.493 e. The molecule has 8 nitrogen and oxygen atoms in total. The Morgan fingerprint density at radius 2 is 1.67 bits per heavy atom. The van der Waals surface area contributed by atoms with E-state index in [1.807, 2.05) is 55.5 Å². The maximum Gasteiger partial charge on any atom is 0.276 e. The number of ether oxygens (including phenoxy) is 2. The Labute approximate surface area is 209 Å². The van der Waals surface area contributed by atoms with Gasteiger partial charge >= 0.3 is 0 Å². The molecule has 0 saturated heterocycles. The first-order valence-corrected chi connectivity index (χ1v) is 12.5. The summed E-state index contributed by atoms with van der Waals surface area (Å²) in [6.45, 7) is 1.70. The number of amides is 1. The van der Waals surface area contributed by atoms with Gasteiger partial charge < -0.3 is 14.8 Å². The van der Waals surface area contributed by atoms with E-state index in [0.717, 1.165) is 22.0 Å². The molecule has 36 heavy (non-hydrogen) atoms. The molecule has 4 aromatic carbocycles. The number of hydrogen-bond donors (Lipinski definition) is 2. The van der Waals surface area contributed by atoms with Crippen LogP contribution in [0.4, 0.5) is 5.69 Å². The van der Waals surface area contributed by atoms with Crippen molar-refractivity contribution in [3.05, 3.63) is 96.1 Å². The average molecular weight is 504 g/mol. The number of benzene rings is 4. The average Bonchev–Trinajstić information content (AvgIpc) is 2.88. The number of methoxy groups -OCH3 is 1. The van der Waals surface area contributed by atoms with E-state index < -0.39 is 10.0 Å². The van der Waals surface area contributed by atoms with Crippen LogP contribution in [0.1, 0.15) is 11.1 Å². The first-order chi connectivity index (χ1) is 17.4. The van der Waals surface area contributed by atoms with E-state index in [4.69, 9.17) is 9.47 Å². The number of aryl methyl sites for hydroxylation is 1. The van der Waals surface area contributed by atoms with Crippen molar-refractivity contribution in [2.45, 2.75) is 11.8 Å². The van der Waals surface area contributed by atoms with Crippen molar-refractivity contribution < 1.29 is 22.7 Å². The lowest BCUT2D eigenvalue weighted by Crippen LogP contribution is -2.20. The van der Waals surface area contributed by atoms with Crippen molar-refractivity contribution in [1.29, 1.82) is 0 Å². The highest BCUT2D eigenvalue weighted by molar-refractivity contribution is 7.89. The third-order valence-corrected chi connectivity index (χ3v) is 6.60. The van der Waals surface area contributed by atoms with Crippen molar-refractivity contribution >= 4 is 38.6 Å². The molecule has 9 heteroatoms. The quantitative estimate of drug-likeness (QED) is 0.259. The number of nitrogens with zero attached hydrogens (tertiary/aromatic N) is 1. The molecule has 0 aliphatic rings. The van der Waals surface area contributed by atoms with Gasteiger partial charge in [0.25, 0.3) is 15.9 Å². The number of anilines is 1. The molecule has 0 aliphatic carbocycles. The summed E-state index contributed by atoms with van der Waals surface area (Å²) in [4.78, 5) is 14.6. The number of hydrogen-bond acceptors (Lipinski definition) is 6. The van der Waals surface area contributed by atoms with Crippen LogP contribution in [-0.4, -0.2) is 34.3 Å². The van der Waals surface area contributed by atoms with Crippen LogP contribution in [0.5, 0.6) is 11.5 Å². The number of carbonyl (C=O) groups excluding carboxylic acids is 1. The summed E-state index contributed by atoms with van der Waals surface area (Å²) < 4.78 is 36.2. The highest BCUT2D eigenvalue weighted by atomic mass is 32.2. The molecule has 0 radical (unpaired) electrons. The standard InChI is InChI=1S/C27H25N3O5S/c1-19-7-3-6-10-24(19)29-27(31)18-35-25-14-11-20(15-26(25)34-2)17-28-30-36(32,33)23-13-12-21-8-4-5-9-22(21)16-23/h3-17,30H,18H2,1-2H3,(H,29,31)/b28-17+. The van der Waals surface area contributed by atoms with Crippen molar-refractivity contribution in [2.24, 2.45) is 5.10 Å². The Bertz CT molecular complexity index is 1530. The minimum absolute atomic E-state index is 0.114. The van der Waals surface area contributed by atoms with E-state index in [0.29, 0.717) is 17.1 Å². The zero-order chi connectivity index (χ0) is 25.5. The predicted octanol–water partition coefficient (Wildman–Crippen LogP) is 4.49. The van der Waals surface area contributed by atoms with Gasteiger partial charge in [0, 0.05) is 5.69 Å². The monoisotopic (exact) mass is 503 g/mol. The van der Waals surface area contributed by atoms with Gasteiger partial charge in [0.2, 0.25) is 0 Å². The molecule has 0 heterocycles. The number of sulfonamides is 1. The van der Waals surface area contributed by atoms with Gasteiger partial charge in [0.05, 0.1) is 18.2 Å². The summed E-state index contributed by atoms with van der Waals surface area (Å²) in [5.74, 6) is 0.437. The first kappa shape index (κ1) is 24.7. The Morgan fingerprint density at radius 3 is 2.44 bits per heavy atom. The number of carbonyl (C=O) groups is 1. The SMILES string of the molecule is COc1cc(/C=N/NS(=O)(=O)c2ccc3ccccc3c2)ccc1OCC(=O)Nc1ccccc1C. The van der Waals surface area contributed by atoms with Gasteiger partial charge in [-0.15, -0.1) is 0 Å². The van der Waals surface area contributed by atoms with Crippen LogP contribution < -0.4 is 19.6 Å². The van der Waals surface area contributed by atoms with Crippen LogP contribution in [0.2, 0.25) is 0 Å². The largest absolute Gasteiger partial charge is 0.493 e. The normalized spacial score (nSPS) is 11.4. The Balaban J connectivity index is 1.39. The molecule has 0 fully saturated rings. The van der Waals surface area contributed by atoms with E-state index in [1.165, 1.54) is 19.4 Å². The fourth-order valence-electron chi connectivity index (χ4n) is 3.48. The molecule has 0 unspecified atom stereocenters. The van der Waals surface area contributed by atoms with Crippen molar-refractivity contribution in [3.63, 3.8) is 0 Å². The molecule has 0 aromatic heterocycles. The van der Waals surface area contributed by atoms with E-state index in [9.17, 15) is 13.2 Å². The van der Waals surface area contributed by atoms with E-state index in [1.54, 1.807) is 30.3 Å². The molecule has 4 rings (SSSR count). The summed E-state index contributed by atoms with van der Waals surface area (Å²) in [6.07, 6.45) is 1.36. The molecule has 0 bridgehead atoms. The number of hydrazone groups is 1. The summed E-state index contributed by atoms with van der Waals surface area (Å²) in [5, 5.41) is 8.45. The lowest BCUT2D eigenvalue weighted by molar-refractivity contribution is -0.118. The first-order valence-electron chi connectivity index (χ1n) is 11.1. The topological polar surface area (TPSA) is 106 Å². The third-order valence-electron chi connectivity index (χ3n) is 5.38. The Kier molecular flexibility index (Phi) is 7.50. The van der Waals surface area contributed by atoms with Crippen molar-refractivity contribution in [1.82, 2.24) is 4.83 Å². The molecule has 184 valence electrons. The van der Waals surface area contributed by atoms with Gasteiger partial charge in [-0.05, 0) is 65.2 Å². The molecule has 2 N–H and O–H groups in total. The van der Waals surface area contributed by atoms with E-state index >= 15 is 0 Å². The van der Waals surface area contributed by atoms with Crippen LogP contribution in [0.15, 0.2) is 94.9 Å². The van der Waals surface area contributed by atoms with E-state index in [-0.39, 0.29) is 17.4 Å². The smallest absolute Gasteiger partial charge is 0.276 e. The molecule has 0 atom stereocenters. The molecule has 0 spiro atoms. The number of para-hydroxylation sites is 1. The molecule has 1 amide bonds. The maximum absolute atomic E-state index is 12.6. The van der Waals surface area contributed by atoms with Crippen LogP contribution in [0.25, 0.3) is 10.8 Å². The highest BCUT2D eigenvalue weighted by Gasteiger charge is 2.13. The molecular formula is C27H25N3O5S. The summed E-state index contributed by atoms with van der Waals surface area (Å²) >= 11 is 0. The zero-order valence-electron chi connectivity index (χ0n) is 19.8. The van der Waals surface area contributed by atoms with Crippen LogP contribution in [0, 0.1) is 6.92 Å². The summed E-state index contributed by atoms with van der Waals surface area (Å²) in [7, 11) is -2.37. The van der Waals surface area contributed by atoms with Gasteiger partial charge in [-0.25, -0.2) is 4.83 Å². The molecule has 4 aromatic rings. The van der Waals surface area contributed by atoms with Gasteiger partial charge in [-0.3, -0.25) is 4.79 Å². The van der Waals surface area contributed by atoms with Gasteiger partial charge in [0.15, 0.2) is 18.1 Å². The lowest BCUT2D eigenvalue weighted by Gasteiger charge is -2.12. The molecule has 0 aliphatic heterocycles. The van der Waals surface area contributed by atoms with Crippen LogP contribution >= 0.6 is 0 Å². The fraction of sp³-hybridized carbons (Fsp3) is 0.111. The highest BCUT2D eigenvalue weighted by Crippen LogP contribution is 2.27. The second-order valence-corrected chi connectivity index (χ2v) is 9.58. The molecule has 0 saturated carbocycles. The number of rotatable bonds is 9. The van der Waals surface area contributed by atoms with Crippen molar-refractivity contribution in [2.75, 3.05) is 19.0 Å². The maximum atomic E-state index is 12.6. The lowest BCUT2D eigenvalue weighted by atomic mass is 10.1.